The lowest BCUT2D eigenvalue weighted by Gasteiger charge is -2.71. The smallest absolute Gasteiger partial charge is 0.227 e. The van der Waals surface area contributed by atoms with E-state index in [1.165, 1.54) is 0 Å². The number of hydrogen-bond acceptors (Lipinski definition) is 7. The van der Waals surface area contributed by atoms with E-state index >= 15 is 0 Å². The number of aliphatic hydroxyl groups is 2. The van der Waals surface area contributed by atoms with E-state index < -0.39 is 22.5 Å². The minimum absolute atomic E-state index is 0.00594. The summed E-state index contributed by atoms with van der Waals surface area (Å²) in [5.74, 6) is 1.40. The molecular formula is C44H55NO7. The van der Waals surface area contributed by atoms with Gasteiger partial charge in [-0.15, -0.1) is 0 Å². The van der Waals surface area contributed by atoms with Crippen LogP contribution in [0, 0.1) is 33.5 Å². The van der Waals surface area contributed by atoms with Gasteiger partial charge in [-0.3, -0.25) is 9.59 Å². The van der Waals surface area contributed by atoms with Crippen LogP contribution in [0.5, 0.6) is 11.5 Å². The molecule has 2 N–H and O–H groups in total. The van der Waals surface area contributed by atoms with Gasteiger partial charge >= 0.3 is 0 Å². The fourth-order valence-electron chi connectivity index (χ4n) is 12.2. The monoisotopic (exact) mass is 709 g/mol. The minimum atomic E-state index is -1.16. The summed E-state index contributed by atoms with van der Waals surface area (Å²) in [6.07, 6.45) is 13.8. The first-order valence-corrected chi connectivity index (χ1v) is 19.5. The first kappa shape index (κ1) is 35.6. The number of allylic oxidation sites excluding steroid dienone is 4. The van der Waals surface area contributed by atoms with E-state index in [4.69, 9.17) is 14.2 Å². The Kier molecular flexibility index (Phi) is 8.78. The van der Waals surface area contributed by atoms with Crippen molar-refractivity contribution in [3.63, 3.8) is 0 Å². The molecule has 1 unspecified atom stereocenters. The van der Waals surface area contributed by atoms with E-state index in [0.717, 1.165) is 56.1 Å². The van der Waals surface area contributed by atoms with Crippen LogP contribution in [-0.2, 0) is 16.0 Å². The second-order valence-corrected chi connectivity index (χ2v) is 17.3. The van der Waals surface area contributed by atoms with Crippen LogP contribution in [0.3, 0.4) is 0 Å². The Morgan fingerprint density at radius 3 is 2.37 bits per heavy atom. The van der Waals surface area contributed by atoms with Crippen molar-refractivity contribution in [2.45, 2.75) is 95.9 Å². The molecule has 278 valence electrons. The highest BCUT2D eigenvalue weighted by Crippen LogP contribution is 2.78. The number of hydrogen-bond donors (Lipinski definition) is 2. The molecule has 8 heteroatoms. The highest BCUT2D eigenvalue weighted by atomic mass is 16.5. The van der Waals surface area contributed by atoms with Gasteiger partial charge in [-0.25, -0.2) is 0 Å². The standard InChI is InChI=1S/C44H55NO7/c1-40-17-14-31(46)25-42(40)20-21-44(33(26-42)39(48)30-9-6-5-7-10-30)36(40)15-18-41(2)37(44)16-19-43(41,49)28-45(27-32-11-8-22-52-32)38(47)24-29-12-13-34(50-3)35(23-29)51-4/h5-7,9-10,12-13,20-21,23,26,31-32,36-37,46,49H,8,11,14-19,22,24-25,27-28H2,1-4H3/t31?,32-,36-,37-,40-,41+,42+,43-,44-/m1/s1. The predicted octanol–water partition coefficient (Wildman–Crippen LogP) is 6.73. The maximum absolute atomic E-state index is 14.8. The maximum Gasteiger partial charge on any atom is 0.227 e. The molecule has 0 radical (unpaired) electrons. The molecule has 2 bridgehead atoms. The number of methoxy groups -OCH3 is 2. The first-order valence-electron chi connectivity index (χ1n) is 19.5. The van der Waals surface area contributed by atoms with Gasteiger partial charge in [0.15, 0.2) is 17.3 Å². The molecule has 9 atom stereocenters. The SMILES string of the molecule is COc1ccc(CC(=O)N(C[C@H]2CCCO2)C[C@]2(O)CC[C@H]3[C@]45C=C[C@@]6(C=C4C(=O)c4ccccc4)CC(O)CC[C@]6(C)[C@H]5CC[C@@]32C)cc1OC. The molecule has 2 spiro atoms. The fourth-order valence-corrected chi connectivity index (χ4v) is 12.2. The van der Waals surface area contributed by atoms with Crippen molar-refractivity contribution >= 4 is 11.7 Å². The molecular weight excluding hydrogens is 654 g/mol. The van der Waals surface area contributed by atoms with Crippen LogP contribution in [0.1, 0.15) is 87.6 Å². The van der Waals surface area contributed by atoms with Crippen LogP contribution in [0.25, 0.3) is 0 Å². The zero-order valence-corrected chi connectivity index (χ0v) is 31.2. The molecule has 1 heterocycles. The van der Waals surface area contributed by atoms with E-state index in [1.54, 1.807) is 14.2 Å². The summed E-state index contributed by atoms with van der Waals surface area (Å²) in [5.41, 5.74) is -0.400. The van der Waals surface area contributed by atoms with E-state index in [1.807, 2.05) is 53.4 Å². The van der Waals surface area contributed by atoms with Crippen LogP contribution >= 0.6 is 0 Å². The third kappa shape index (κ3) is 5.18. The Bertz CT molecular complexity index is 1780. The summed E-state index contributed by atoms with van der Waals surface area (Å²) in [7, 11) is 3.19. The lowest BCUT2D eigenvalue weighted by atomic mass is 9.32. The summed E-state index contributed by atoms with van der Waals surface area (Å²) >= 11 is 0. The lowest BCUT2D eigenvalue weighted by molar-refractivity contribution is -0.179. The van der Waals surface area contributed by atoms with Gasteiger partial charge in [-0.1, -0.05) is 68.5 Å². The number of aliphatic hydroxyl groups excluding tert-OH is 1. The number of fused-ring (bicyclic) bond motifs is 1. The normalized spacial score (nSPS) is 38.5. The van der Waals surface area contributed by atoms with Gasteiger partial charge in [-0.05, 0) is 92.7 Å². The lowest BCUT2D eigenvalue weighted by Crippen LogP contribution is -2.67. The van der Waals surface area contributed by atoms with Crippen LogP contribution in [0.2, 0.25) is 0 Å². The van der Waals surface area contributed by atoms with E-state index in [0.29, 0.717) is 43.1 Å². The number of carbonyl (C=O) groups is 2. The Hall–Kier alpha value is -3.46. The second kappa shape index (κ2) is 12.8. The van der Waals surface area contributed by atoms with Crippen LogP contribution in [0.15, 0.2) is 72.3 Å². The number of benzene rings is 2. The second-order valence-electron chi connectivity index (χ2n) is 17.3. The number of ketones is 1. The molecule has 2 aromatic carbocycles. The maximum atomic E-state index is 14.8. The quantitative estimate of drug-likeness (QED) is 0.208. The molecule has 9 rings (SSSR count). The Balaban J connectivity index is 1.16. The van der Waals surface area contributed by atoms with Crippen molar-refractivity contribution in [3.05, 3.63) is 83.5 Å². The Labute approximate surface area is 308 Å². The Morgan fingerprint density at radius 1 is 0.904 bits per heavy atom. The van der Waals surface area contributed by atoms with Gasteiger partial charge in [0, 0.05) is 40.5 Å². The number of rotatable bonds is 10. The van der Waals surface area contributed by atoms with E-state index in [2.05, 4.69) is 32.1 Å². The summed E-state index contributed by atoms with van der Waals surface area (Å²) in [6.45, 7) is 5.98. The molecule has 52 heavy (non-hydrogen) atoms. The van der Waals surface area contributed by atoms with Crippen molar-refractivity contribution < 1.29 is 34.0 Å². The fraction of sp³-hybridized carbons (Fsp3) is 0.591. The summed E-state index contributed by atoms with van der Waals surface area (Å²) in [5, 5.41) is 24.1. The van der Waals surface area contributed by atoms with Gasteiger partial charge in [0.05, 0.1) is 45.0 Å². The molecule has 7 aliphatic rings. The summed E-state index contributed by atoms with van der Waals surface area (Å²) < 4.78 is 17.0. The highest BCUT2D eigenvalue weighted by molar-refractivity contribution is 6.10. The van der Waals surface area contributed by atoms with Crippen LogP contribution < -0.4 is 9.47 Å². The number of carbonyl (C=O) groups excluding carboxylic acids is 2. The Morgan fingerprint density at radius 2 is 1.63 bits per heavy atom. The third-order valence-corrected chi connectivity index (χ3v) is 15.0. The summed E-state index contributed by atoms with van der Waals surface area (Å²) in [6, 6.07) is 15.2. The highest BCUT2D eigenvalue weighted by Gasteiger charge is 2.74. The number of amides is 1. The van der Waals surface area contributed by atoms with Crippen LogP contribution in [-0.4, -0.2) is 78.5 Å². The van der Waals surface area contributed by atoms with Crippen molar-refractivity contribution in [1.29, 1.82) is 0 Å². The topological polar surface area (TPSA) is 106 Å². The van der Waals surface area contributed by atoms with Gasteiger partial charge in [0.1, 0.15) is 0 Å². The number of nitrogens with zero attached hydrogens (tertiary/aromatic N) is 1. The van der Waals surface area contributed by atoms with Gasteiger partial charge in [0.2, 0.25) is 5.91 Å². The first-order chi connectivity index (χ1) is 24.9. The van der Waals surface area contributed by atoms with Crippen LogP contribution in [0.4, 0.5) is 0 Å². The molecule has 1 saturated heterocycles. The van der Waals surface area contributed by atoms with Crippen molar-refractivity contribution in [3.8, 4) is 11.5 Å². The summed E-state index contributed by atoms with van der Waals surface area (Å²) in [4.78, 5) is 31.0. The molecule has 6 aliphatic carbocycles. The zero-order chi connectivity index (χ0) is 36.5. The molecule has 8 nitrogen and oxygen atoms in total. The average Bonchev–Trinajstić information content (AvgIpc) is 3.76. The largest absolute Gasteiger partial charge is 0.493 e. The molecule has 4 fully saturated rings. The third-order valence-electron chi connectivity index (χ3n) is 15.0. The van der Waals surface area contributed by atoms with Gasteiger partial charge < -0.3 is 29.3 Å². The van der Waals surface area contributed by atoms with E-state index in [-0.39, 0.29) is 53.4 Å². The molecule has 3 saturated carbocycles. The zero-order valence-electron chi connectivity index (χ0n) is 31.2. The number of Topliss-reactive ketones (excluding diaryl/α,β-unsaturated/α-hetero) is 1. The molecule has 1 aliphatic heterocycles. The minimum Gasteiger partial charge on any atom is -0.493 e. The van der Waals surface area contributed by atoms with Gasteiger partial charge in [-0.2, -0.15) is 0 Å². The van der Waals surface area contributed by atoms with Crippen molar-refractivity contribution in [2.24, 2.45) is 33.5 Å². The van der Waals surface area contributed by atoms with E-state index in [9.17, 15) is 19.8 Å². The van der Waals surface area contributed by atoms with Crippen molar-refractivity contribution in [2.75, 3.05) is 33.9 Å². The number of ether oxygens (including phenoxy) is 3. The molecule has 2 aromatic rings. The van der Waals surface area contributed by atoms with Gasteiger partial charge in [0.25, 0.3) is 0 Å². The molecule has 0 aromatic heterocycles. The van der Waals surface area contributed by atoms with Crippen molar-refractivity contribution in [1.82, 2.24) is 4.90 Å². The average molecular weight is 710 g/mol. The predicted molar refractivity (Wildman–Crippen MR) is 198 cm³/mol. The molecule has 1 amide bonds.